The number of amides is 1. The Kier molecular flexibility index (Phi) is 7.49. The molecule has 0 radical (unpaired) electrons. The third kappa shape index (κ3) is 5.70. The predicted molar refractivity (Wildman–Crippen MR) is 126 cm³/mol. The zero-order valence-corrected chi connectivity index (χ0v) is 19.5. The lowest BCUT2D eigenvalue weighted by Crippen LogP contribution is -2.50. The summed E-state index contributed by atoms with van der Waals surface area (Å²) in [6, 6.07) is 13.5. The summed E-state index contributed by atoms with van der Waals surface area (Å²) in [4.78, 5) is 13.3. The van der Waals surface area contributed by atoms with E-state index >= 15 is 0 Å². The van der Waals surface area contributed by atoms with Crippen LogP contribution < -0.4 is 10.0 Å². The zero-order chi connectivity index (χ0) is 22.4. The third-order valence-electron chi connectivity index (χ3n) is 5.89. The van der Waals surface area contributed by atoms with E-state index in [0.29, 0.717) is 11.0 Å². The van der Waals surface area contributed by atoms with Gasteiger partial charge in [-0.1, -0.05) is 68.5 Å². The van der Waals surface area contributed by atoms with Crippen molar-refractivity contribution in [2.75, 3.05) is 0 Å². The van der Waals surface area contributed by atoms with E-state index in [-0.39, 0.29) is 23.3 Å². The first-order valence-corrected chi connectivity index (χ1v) is 13.3. The van der Waals surface area contributed by atoms with Crippen LogP contribution in [0.1, 0.15) is 50.5 Å². The summed E-state index contributed by atoms with van der Waals surface area (Å²) in [5, 5.41) is 3.12. The van der Waals surface area contributed by atoms with Crippen LogP contribution in [0.2, 0.25) is 0 Å². The number of carbonyl (C=O) groups is 1. The van der Waals surface area contributed by atoms with Gasteiger partial charge in [-0.15, -0.1) is 0 Å². The van der Waals surface area contributed by atoms with Crippen molar-refractivity contribution in [2.45, 2.75) is 68.3 Å². The highest BCUT2D eigenvalue weighted by Gasteiger charge is 2.29. The zero-order valence-electron chi connectivity index (χ0n) is 17.9. The van der Waals surface area contributed by atoms with Gasteiger partial charge < -0.3 is 5.32 Å². The molecule has 0 saturated heterocycles. The molecule has 1 saturated carbocycles. The molecule has 1 atom stereocenters. The molecule has 4 rings (SSSR count). The molecule has 0 spiro atoms. The van der Waals surface area contributed by atoms with Crippen LogP contribution in [0.4, 0.5) is 0 Å². The molecule has 1 heterocycles. The summed E-state index contributed by atoms with van der Waals surface area (Å²) in [7, 11) is -3.98. The van der Waals surface area contributed by atoms with Crippen molar-refractivity contribution in [3.05, 3.63) is 54.1 Å². The Labute approximate surface area is 193 Å². The molecule has 170 valence electrons. The Bertz CT molecular complexity index is 1140. The van der Waals surface area contributed by atoms with E-state index in [1.165, 1.54) is 25.3 Å². The van der Waals surface area contributed by atoms with Crippen molar-refractivity contribution >= 4 is 38.7 Å². The van der Waals surface area contributed by atoms with Crippen molar-refractivity contribution in [1.29, 1.82) is 0 Å². The minimum atomic E-state index is -3.98. The van der Waals surface area contributed by atoms with Gasteiger partial charge in [0, 0.05) is 6.04 Å². The van der Waals surface area contributed by atoms with Crippen LogP contribution in [-0.2, 0) is 21.2 Å². The molecule has 2 N–H and O–H groups in total. The Morgan fingerprint density at radius 2 is 1.69 bits per heavy atom. The fourth-order valence-corrected chi connectivity index (χ4v) is 6.15. The number of nitrogens with zero attached hydrogens (tertiary/aromatic N) is 2. The lowest BCUT2D eigenvalue weighted by atomic mass is 9.96. The second-order valence-electron chi connectivity index (χ2n) is 8.30. The predicted octanol–water partition coefficient (Wildman–Crippen LogP) is 3.81. The standard InChI is InChI=1S/C23H28N4O3S2/c28-23(24-18-12-7-2-1-3-8-13-18)20(16-17-10-5-4-6-11-17)27-32(29,30)21-15-9-14-19-22(21)26-31-25-19/h4-6,9-11,14-15,18,20,27H,1-3,7-8,12-13,16H2,(H,24,28)/t20-/m1/s1. The van der Waals surface area contributed by atoms with Gasteiger partial charge in [0.1, 0.15) is 22.0 Å². The molecular weight excluding hydrogens is 444 g/mol. The van der Waals surface area contributed by atoms with Crippen molar-refractivity contribution in [1.82, 2.24) is 18.8 Å². The van der Waals surface area contributed by atoms with Gasteiger partial charge in [-0.2, -0.15) is 13.5 Å². The minimum Gasteiger partial charge on any atom is -0.352 e. The summed E-state index contributed by atoms with van der Waals surface area (Å²) in [6.07, 6.45) is 7.90. The van der Waals surface area contributed by atoms with E-state index < -0.39 is 16.1 Å². The van der Waals surface area contributed by atoms with E-state index in [2.05, 4.69) is 18.8 Å². The SMILES string of the molecule is O=C(NC1CCCCCCC1)[C@@H](Cc1ccccc1)NS(=O)(=O)c1cccc2nsnc12. The quantitative estimate of drug-likeness (QED) is 0.545. The molecule has 1 aromatic heterocycles. The average molecular weight is 473 g/mol. The molecular formula is C23H28N4O3S2. The summed E-state index contributed by atoms with van der Waals surface area (Å²) >= 11 is 0.966. The number of fused-ring (bicyclic) bond motifs is 1. The lowest BCUT2D eigenvalue weighted by molar-refractivity contribution is -0.123. The van der Waals surface area contributed by atoms with Gasteiger partial charge in [0.05, 0.1) is 11.7 Å². The van der Waals surface area contributed by atoms with Gasteiger partial charge in [-0.25, -0.2) is 8.42 Å². The van der Waals surface area contributed by atoms with Gasteiger partial charge in [-0.05, 0) is 37.0 Å². The largest absolute Gasteiger partial charge is 0.352 e. The average Bonchev–Trinajstić information content (AvgIpc) is 3.24. The van der Waals surface area contributed by atoms with E-state index in [4.69, 9.17) is 0 Å². The van der Waals surface area contributed by atoms with Crippen molar-refractivity contribution in [3.63, 3.8) is 0 Å². The molecule has 3 aromatic rings. The number of aromatic nitrogens is 2. The fraction of sp³-hybridized carbons (Fsp3) is 0.435. The van der Waals surface area contributed by atoms with Gasteiger partial charge in [0.15, 0.2) is 0 Å². The summed E-state index contributed by atoms with van der Waals surface area (Å²) in [6.45, 7) is 0. The Hall–Kier alpha value is -2.36. The highest BCUT2D eigenvalue weighted by Crippen LogP contribution is 2.22. The van der Waals surface area contributed by atoms with E-state index in [9.17, 15) is 13.2 Å². The highest BCUT2D eigenvalue weighted by atomic mass is 32.2. The Morgan fingerprint density at radius 1 is 0.969 bits per heavy atom. The first kappa shape index (κ1) is 22.8. The van der Waals surface area contributed by atoms with Crippen molar-refractivity contribution in [2.24, 2.45) is 0 Å². The monoisotopic (exact) mass is 472 g/mol. The smallest absolute Gasteiger partial charge is 0.243 e. The fourth-order valence-electron chi connectivity index (χ4n) is 4.19. The minimum absolute atomic E-state index is 0.0422. The maximum Gasteiger partial charge on any atom is 0.243 e. The Morgan fingerprint density at radius 3 is 2.44 bits per heavy atom. The van der Waals surface area contributed by atoms with E-state index in [1.54, 1.807) is 12.1 Å². The first-order valence-electron chi connectivity index (χ1n) is 11.1. The van der Waals surface area contributed by atoms with Crippen molar-refractivity contribution < 1.29 is 13.2 Å². The normalized spacial score (nSPS) is 16.9. The van der Waals surface area contributed by atoms with E-state index in [1.807, 2.05) is 30.3 Å². The molecule has 9 heteroatoms. The molecule has 0 aliphatic heterocycles. The molecule has 1 aliphatic carbocycles. The summed E-state index contributed by atoms with van der Waals surface area (Å²) in [5.74, 6) is -0.286. The molecule has 2 aromatic carbocycles. The topological polar surface area (TPSA) is 101 Å². The number of hydrogen-bond donors (Lipinski definition) is 2. The van der Waals surface area contributed by atoms with Crippen LogP contribution in [0.3, 0.4) is 0 Å². The maximum absolute atomic E-state index is 13.3. The van der Waals surface area contributed by atoms with Crippen LogP contribution in [0.5, 0.6) is 0 Å². The lowest BCUT2D eigenvalue weighted by Gasteiger charge is -2.25. The second-order valence-corrected chi connectivity index (χ2v) is 10.5. The van der Waals surface area contributed by atoms with Crippen LogP contribution in [0.15, 0.2) is 53.4 Å². The van der Waals surface area contributed by atoms with Crippen LogP contribution in [-0.4, -0.2) is 35.2 Å². The summed E-state index contributed by atoms with van der Waals surface area (Å²) < 4.78 is 37.5. The van der Waals surface area contributed by atoms with Crippen LogP contribution in [0, 0.1) is 0 Å². The van der Waals surface area contributed by atoms with Crippen LogP contribution in [0.25, 0.3) is 11.0 Å². The number of nitrogens with one attached hydrogen (secondary N) is 2. The Balaban J connectivity index is 1.57. The molecule has 7 nitrogen and oxygen atoms in total. The second kappa shape index (κ2) is 10.5. The molecule has 1 amide bonds. The number of rotatable bonds is 7. The third-order valence-corrected chi connectivity index (χ3v) is 7.93. The van der Waals surface area contributed by atoms with Gasteiger partial charge in [0.25, 0.3) is 0 Å². The number of benzene rings is 2. The maximum atomic E-state index is 13.3. The van der Waals surface area contributed by atoms with Crippen LogP contribution >= 0.6 is 11.7 Å². The molecule has 0 bridgehead atoms. The molecule has 1 fully saturated rings. The number of carbonyl (C=O) groups excluding carboxylic acids is 1. The molecule has 32 heavy (non-hydrogen) atoms. The molecule has 1 aliphatic rings. The molecule has 0 unspecified atom stereocenters. The van der Waals surface area contributed by atoms with Gasteiger partial charge in [-0.3, -0.25) is 4.79 Å². The highest BCUT2D eigenvalue weighted by molar-refractivity contribution is 7.89. The first-order chi connectivity index (χ1) is 15.5. The van der Waals surface area contributed by atoms with Crippen molar-refractivity contribution in [3.8, 4) is 0 Å². The number of hydrogen-bond acceptors (Lipinski definition) is 6. The number of sulfonamides is 1. The summed E-state index contributed by atoms with van der Waals surface area (Å²) in [5.41, 5.74) is 1.74. The van der Waals surface area contributed by atoms with E-state index in [0.717, 1.165) is 43.0 Å². The van der Waals surface area contributed by atoms with Gasteiger partial charge in [0.2, 0.25) is 15.9 Å². The van der Waals surface area contributed by atoms with Gasteiger partial charge >= 0.3 is 0 Å².